The van der Waals surface area contributed by atoms with E-state index in [9.17, 15) is 32.9 Å². The SMILES string of the molecule is CS(=O)(=O)c1ccc(C(=O)OCC(=O)Nc2ccccc2C(=O)c2ccccc2)cc1[N+](=O)[O-]. The lowest BCUT2D eigenvalue weighted by atomic mass is 10.0. The minimum atomic E-state index is -3.90. The number of para-hydroxylation sites is 1. The number of carbonyl (C=O) groups excluding carboxylic acids is 3. The average Bonchev–Trinajstić information content (AvgIpc) is 2.82. The van der Waals surface area contributed by atoms with Gasteiger partial charge in [-0.2, -0.15) is 0 Å². The zero-order valence-corrected chi connectivity index (χ0v) is 18.6. The van der Waals surface area contributed by atoms with Crippen LogP contribution in [-0.2, 0) is 19.4 Å². The summed E-state index contributed by atoms with van der Waals surface area (Å²) >= 11 is 0. The molecule has 0 aliphatic heterocycles. The number of sulfone groups is 1. The van der Waals surface area contributed by atoms with Crippen molar-refractivity contribution in [3.63, 3.8) is 0 Å². The van der Waals surface area contributed by atoms with Crippen molar-refractivity contribution in [3.8, 4) is 0 Å². The van der Waals surface area contributed by atoms with Gasteiger partial charge in [-0.05, 0) is 24.3 Å². The van der Waals surface area contributed by atoms with Gasteiger partial charge in [0.25, 0.3) is 11.6 Å². The Labute approximate surface area is 194 Å². The molecular formula is C23H18N2O8S. The lowest BCUT2D eigenvalue weighted by Crippen LogP contribution is -2.22. The zero-order valence-electron chi connectivity index (χ0n) is 17.8. The molecule has 0 spiro atoms. The topological polar surface area (TPSA) is 150 Å². The first-order valence-electron chi connectivity index (χ1n) is 9.72. The fourth-order valence-corrected chi connectivity index (χ4v) is 3.87. The smallest absolute Gasteiger partial charge is 0.338 e. The van der Waals surface area contributed by atoms with Crippen LogP contribution in [0.5, 0.6) is 0 Å². The minimum absolute atomic E-state index is 0.213. The van der Waals surface area contributed by atoms with Gasteiger partial charge in [-0.15, -0.1) is 0 Å². The Morgan fingerprint density at radius 1 is 0.941 bits per heavy atom. The van der Waals surface area contributed by atoms with Gasteiger partial charge in [0.2, 0.25) is 0 Å². The molecule has 0 fully saturated rings. The molecule has 10 nitrogen and oxygen atoms in total. The summed E-state index contributed by atoms with van der Waals surface area (Å²) in [5.41, 5.74) is -0.206. The first-order chi connectivity index (χ1) is 16.1. The average molecular weight is 482 g/mol. The Bertz CT molecular complexity index is 1390. The number of rotatable bonds is 8. The van der Waals surface area contributed by atoms with Crippen LogP contribution >= 0.6 is 0 Å². The number of nitrogens with one attached hydrogen (secondary N) is 1. The number of amides is 1. The molecule has 0 unspecified atom stereocenters. The van der Waals surface area contributed by atoms with Gasteiger partial charge in [-0.25, -0.2) is 13.2 Å². The summed E-state index contributed by atoms with van der Waals surface area (Å²) in [6.07, 6.45) is 0.804. The number of esters is 1. The molecule has 0 aromatic heterocycles. The molecule has 0 heterocycles. The Morgan fingerprint density at radius 3 is 2.24 bits per heavy atom. The number of nitro benzene ring substituents is 1. The molecule has 11 heteroatoms. The maximum absolute atomic E-state index is 12.8. The van der Waals surface area contributed by atoms with E-state index in [0.717, 1.165) is 24.5 Å². The quantitative estimate of drug-likeness (QED) is 0.223. The summed E-state index contributed by atoms with van der Waals surface area (Å²) < 4.78 is 28.3. The molecule has 0 radical (unpaired) electrons. The number of hydrogen-bond acceptors (Lipinski definition) is 8. The Balaban J connectivity index is 1.71. The first kappa shape index (κ1) is 24.3. The summed E-state index contributed by atoms with van der Waals surface area (Å²) in [5.74, 6) is -2.12. The van der Waals surface area contributed by atoms with Crippen LogP contribution in [0.1, 0.15) is 26.3 Å². The molecule has 0 bridgehead atoms. The third kappa shape index (κ3) is 5.70. The monoisotopic (exact) mass is 482 g/mol. The number of benzene rings is 3. The van der Waals surface area contributed by atoms with Gasteiger partial charge in [0.1, 0.15) is 4.90 Å². The Kier molecular flexibility index (Phi) is 7.17. The van der Waals surface area contributed by atoms with Crippen LogP contribution in [0.2, 0.25) is 0 Å². The predicted molar refractivity (Wildman–Crippen MR) is 121 cm³/mol. The Hall–Kier alpha value is -4.38. The fourth-order valence-electron chi connectivity index (χ4n) is 3.04. The van der Waals surface area contributed by atoms with Gasteiger partial charge in [0, 0.05) is 23.4 Å². The summed E-state index contributed by atoms with van der Waals surface area (Å²) in [4.78, 5) is 47.1. The van der Waals surface area contributed by atoms with Crippen LogP contribution in [0.3, 0.4) is 0 Å². The van der Waals surface area contributed by atoms with E-state index in [4.69, 9.17) is 4.74 Å². The second-order valence-electron chi connectivity index (χ2n) is 7.08. The fraction of sp³-hybridized carbons (Fsp3) is 0.0870. The van der Waals surface area contributed by atoms with Crippen LogP contribution in [0.25, 0.3) is 0 Å². The normalized spacial score (nSPS) is 10.9. The highest BCUT2D eigenvalue weighted by Gasteiger charge is 2.25. The molecular weight excluding hydrogens is 464 g/mol. The van der Waals surface area contributed by atoms with E-state index in [1.54, 1.807) is 48.5 Å². The molecule has 0 saturated heterocycles. The van der Waals surface area contributed by atoms with Crippen LogP contribution < -0.4 is 5.32 Å². The van der Waals surface area contributed by atoms with Crippen molar-refractivity contribution in [2.24, 2.45) is 0 Å². The summed E-state index contributed by atoms with van der Waals surface area (Å²) in [5, 5.41) is 13.7. The number of nitrogens with zero attached hydrogens (tertiary/aromatic N) is 1. The molecule has 0 aliphatic rings. The molecule has 3 aromatic rings. The standard InChI is InChI=1S/C23H18N2O8S/c1-34(31,32)20-12-11-16(13-19(20)25(29)30)23(28)33-14-21(26)24-18-10-6-5-9-17(18)22(27)15-7-3-2-4-8-15/h2-13H,14H2,1H3,(H,24,26). The van der Waals surface area contributed by atoms with Crippen LogP contribution in [0.4, 0.5) is 11.4 Å². The molecule has 174 valence electrons. The zero-order chi connectivity index (χ0) is 24.9. The van der Waals surface area contributed by atoms with E-state index in [1.807, 2.05) is 0 Å². The predicted octanol–water partition coefficient (Wildman–Crippen LogP) is 3.02. The maximum Gasteiger partial charge on any atom is 0.338 e. The number of ether oxygens (including phenoxy) is 1. The highest BCUT2D eigenvalue weighted by Crippen LogP contribution is 2.25. The third-order valence-electron chi connectivity index (χ3n) is 4.61. The Morgan fingerprint density at radius 2 is 1.59 bits per heavy atom. The lowest BCUT2D eigenvalue weighted by molar-refractivity contribution is -0.387. The van der Waals surface area contributed by atoms with E-state index in [1.165, 1.54) is 6.07 Å². The van der Waals surface area contributed by atoms with Crippen molar-refractivity contribution in [2.75, 3.05) is 18.2 Å². The van der Waals surface area contributed by atoms with E-state index >= 15 is 0 Å². The molecule has 0 aliphatic carbocycles. The van der Waals surface area contributed by atoms with Gasteiger partial charge < -0.3 is 10.1 Å². The van der Waals surface area contributed by atoms with Crippen molar-refractivity contribution in [2.45, 2.75) is 4.90 Å². The van der Waals surface area contributed by atoms with Crippen molar-refractivity contribution in [1.82, 2.24) is 0 Å². The van der Waals surface area contributed by atoms with Crippen molar-refractivity contribution in [1.29, 1.82) is 0 Å². The number of hydrogen-bond donors (Lipinski definition) is 1. The molecule has 34 heavy (non-hydrogen) atoms. The number of ketones is 1. The summed E-state index contributed by atoms with van der Waals surface area (Å²) in [7, 11) is -3.90. The van der Waals surface area contributed by atoms with Gasteiger partial charge in [0.15, 0.2) is 22.2 Å². The lowest BCUT2D eigenvalue weighted by Gasteiger charge is -2.11. The van der Waals surface area contributed by atoms with Gasteiger partial charge in [-0.3, -0.25) is 19.7 Å². The highest BCUT2D eigenvalue weighted by molar-refractivity contribution is 7.90. The second-order valence-corrected chi connectivity index (χ2v) is 9.06. The van der Waals surface area contributed by atoms with Crippen molar-refractivity contribution < 1.29 is 32.5 Å². The van der Waals surface area contributed by atoms with E-state index < -0.39 is 43.8 Å². The van der Waals surface area contributed by atoms with Crippen LogP contribution in [0.15, 0.2) is 77.7 Å². The molecule has 1 amide bonds. The van der Waals surface area contributed by atoms with E-state index in [-0.39, 0.29) is 22.6 Å². The number of anilines is 1. The number of nitro groups is 1. The summed E-state index contributed by atoms with van der Waals surface area (Å²) in [6.45, 7) is -0.742. The van der Waals surface area contributed by atoms with Crippen molar-refractivity contribution >= 4 is 38.9 Å². The maximum atomic E-state index is 12.8. The molecule has 1 N–H and O–H groups in total. The van der Waals surface area contributed by atoms with Gasteiger partial charge >= 0.3 is 5.97 Å². The largest absolute Gasteiger partial charge is 0.452 e. The number of carbonyl (C=O) groups is 3. The van der Waals surface area contributed by atoms with Crippen molar-refractivity contribution in [3.05, 3.63) is 99.6 Å². The molecule has 0 saturated carbocycles. The first-order valence-corrected chi connectivity index (χ1v) is 11.6. The summed E-state index contributed by atoms with van der Waals surface area (Å²) in [6, 6.07) is 17.5. The third-order valence-corrected chi connectivity index (χ3v) is 5.75. The van der Waals surface area contributed by atoms with Crippen LogP contribution in [0, 0.1) is 10.1 Å². The molecule has 3 rings (SSSR count). The van der Waals surface area contributed by atoms with E-state index in [0.29, 0.717) is 5.56 Å². The van der Waals surface area contributed by atoms with Gasteiger partial charge in [-0.1, -0.05) is 42.5 Å². The highest BCUT2D eigenvalue weighted by atomic mass is 32.2. The van der Waals surface area contributed by atoms with E-state index in [2.05, 4.69) is 5.32 Å². The minimum Gasteiger partial charge on any atom is -0.452 e. The van der Waals surface area contributed by atoms with Gasteiger partial charge in [0.05, 0.1) is 16.2 Å². The second kappa shape index (κ2) is 10.0. The molecule has 3 aromatic carbocycles. The van der Waals surface area contributed by atoms with Crippen LogP contribution in [-0.4, -0.2) is 43.9 Å². The molecule has 0 atom stereocenters.